The number of rotatable bonds is 3. The van der Waals surface area contributed by atoms with E-state index >= 15 is 0 Å². The predicted octanol–water partition coefficient (Wildman–Crippen LogP) is 2.73. The van der Waals surface area contributed by atoms with Gasteiger partial charge in [-0.15, -0.1) is 0 Å². The summed E-state index contributed by atoms with van der Waals surface area (Å²) in [4.78, 5) is 12.2. The van der Waals surface area contributed by atoms with Crippen molar-refractivity contribution < 1.29 is 4.79 Å². The van der Waals surface area contributed by atoms with Gasteiger partial charge in [-0.2, -0.15) is 0 Å². The second kappa shape index (κ2) is 5.20. The first-order chi connectivity index (χ1) is 8.41. The van der Waals surface area contributed by atoms with Crippen LogP contribution < -0.4 is 11.1 Å². The van der Waals surface area contributed by atoms with Crippen LogP contribution in [0.2, 0.25) is 0 Å². The Bertz CT molecular complexity index is 306. The molecule has 3 nitrogen and oxygen atoms in total. The van der Waals surface area contributed by atoms with E-state index in [4.69, 9.17) is 5.73 Å². The van der Waals surface area contributed by atoms with Crippen LogP contribution >= 0.6 is 0 Å². The molecule has 104 valence electrons. The minimum absolute atomic E-state index is 0.166. The van der Waals surface area contributed by atoms with Gasteiger partial charge in [0.05, 0.1) is 0 Å². The lowest BCUT2D eigenvalue weighted by atomic mass is 9.73. The lowest BCUT2D eigenvalue weighted by Crippen LogP contribution is -2.50. The van der Waals surface area contributed by atoms with E-state index in [0.29, 0.717) is 12.5 Å². The maximum Gasteiger partial charge on any atom is 0.222 e. The van der Waals surface area contributed by atoms with Crippen LogP contribution in [-0.2, 0) is 4.79 Å². The molecule has 2 rings (SSSR count). The highest BCUT2D eigenvalue weighted by Gasteiger charge is 2.36. The van der Waals surface area contributed by atoms with Crippen molar-refractivity contribution in [2.24, 2.45) is 11.1 Å². The predicted molar refractivity (Wildman–Crippen MR) is 74.2 cm³/mol. The highest BCUT2D eigenvalue weighted by molar-refractivity contribution is 5.77. The molecule has 1 atom stereocenters. The summed E-state index contributed by atoms with van der Waals surface area (Å²) in [6.45, 7) is 4.54. The molecule has 2 fully saturated rings. The van der Waals surface area contributed by atoms with E-state index < -0.39 is 0 Å². The SMILES string of the molecule is CC1(C)CCCCC1NC(=O)CC1(N)CCCC1. The molecule has 18 heavy (non-hydrogen) atoms. The van der Waals surface area contributed by atoms with Gasteiger partial charge in [0.15, 0.2) is 0 Å². The minimum atomic E-state index is -0.219. The van der Waals surface area contributed by atoms with Crippen LogP contribution in [0.4, 0.5) is 0 Å². The van der Waals surface area contributed by atoms with E-state index in [1.54, 1.807) is 0 Å². The monoisotopic (exact) mass is 252 g/mol. The molecule has 0 saturated heterocycles. The highest BCUT2D eigenvalue weighted by Crippen LogP contribution is 2.36. The quantitative estimate of drug-likeness (QED) is 0.811. The first-order valence-corrected chi connectivity index (χ1v) is 7.50. The number of nitrogens with one attached hydrogen (secondary N) is 1. The third-order valence-electron chi connectivity index (χ3n) is 4.95. The second-order valence-corrected chi connectivity index (χ2v) is 7.10. The molecule has 0 aromatic carbocycles. The van der Waals surface area contributed by atoms with Crippen LogP contribution in [0.3, 0.4) is 0 Å². The average molecular weight is 252 g/mol. The fourth-order valence-electron chi connectivity index (χ4n) is 3.58. The van der Waals surface area contributed by atoms with Crippen molar-refractivity contribution >= 4 is 5.91 Å². The normalized spacial score (nSPS) is 30.1. The molecule has 1 unspecified atom stereocenters. The Morgan fingerprint density at radius 1 is 1.17 bits per heavy atom. The van der Waals surface area contributed by atoms with Gasteiger partial charge in [0, 0.05) is 18.0 Å². The number of hydrogen-bond acceptors (Lipinski definition) is 2. The van der Waals surface area contributed by atoms with E-state index in [9.17, 15) is 4.79 Å². The Morgan fingerprint density at radius 3 is 2.39 bits per heavy atom. The molecular formula is C15H28N2O. The number of hydrogen-bond donors (Lipinski definition) is 2. The van der Waals surface area contributed by atoms with E-state index in [1.807, 2.05) is 0 Å². The Hall–Kier alpha value is -0.570. The summed E-state index contributed by atoms with van der Waals surface area (Å²) in [5, 5.41) is 3.24. The van der Waals surface area contributed by atoms with Crippen molar-refractivity contribution in [2.75, 3.05) is 0 Å². The molecule has 0 heterocycles. The maximum absolute atomic E-state index is 12.2. The zero-order chi connectivity index (χ0) is 13.2. The molecule has 3 N–H and O–H groups in total. The van der Waals surface area contributed by atoms with Crippen LogP contribution in [0.25, 0.3) is 0 Å². The molecule has 0 aromatic rings. The molecule has 0 radical (unpaired) electrons. The summed E-state index contributed by atoms with van der Waals surface area (Å²) in [6, 6.07) is 0.337. The van der Waals surface area contributed by atoms with Crippen molar-refractivity contribution in [1.29, 1.82) is 0 Å². The molecule has 2 aliphatic rings. The van der Waals surface area contributed by atoms with Crippen molar-refractivity contribution in [3.63, 3.8) is 0 Å². The molecule has 0 aromatic heterocycles. The van der Waals surface area contributed by atoms with E-state index in [1.165, 1.54) is 32.1 Å². The number of carbonyl (C=O) groups excluding carboxylic acids is 1. The smallest absolute Gasteiger partial charge is 0.222 e. The fraction of sp³-hybridized carbons (Fsp3) is 0.933. The van der Waals surface area contributed by atoms with Gasteiger partial charge in [-0.1, -0.05) is 39.5 Å². The van der Waals surface area contributed by atoms with Crippen molar-refractivity contribution in [1.82, 2.24) is 5.32 Å². The van der Waals surface area contributed by atoms with Gasteiger partial charge in [-0.25, -0.2) is 0 Å². The Morgan fingerprint density at radius 2 is 1.78 bits per heavy atom. The maximum atomic E-state index is 12.2. The molecule has 0 spiro atoms. The summed E-state index contributed by atoms with van der Waals surface area (Å²) in [5.41, 5.74) is 6.29. The van der Waals surface area contributed by atoms with Gasteiger partial charge in [0.25, 0.3) is 0 Å². The highest BCUT2D eigenvalue weighted by atomic mass is 16.1. The number of amides is 1. The van der Waals surface area contributed by atoms with Crippen molar-refractivity contribution in [2.45, 2.75) is 83.2 Å². The zero-order valence-corrected chi connectivity index (χ0v) is 11.9. The van der Waals surface area contributed by atoms with Gasteiger partial charge in [-0.05, 0) is 31.1 Å². The minimum Gasteiger partial charge on any atom is -0.353 e. The second-order valence-electron chi connectivity index (χ2n) is 7.10. The van der Waals surface area contributed by atoms with Crippen LogP contribution in [0.1, 0.15) is 71.6 Å². The van der Waals surface area contributed by atoms with Crippen LogP contribution in [0, 0.1) is 5.41 Å². The van der Waals surface area contributed by atoms with Crippen LogP contribution in [0.15, 0.2) is 0 Å². The first kappa shape index (κ1) is 13.9. The van der Waals surface area contributed by atoms with Crippen LogP contribution in [-0.4, -0.2) is 17.5 Å². The average Bonchev–Trinajstić information content (AvgIpc) is 2.68. The third-order valence-corrected chi connectivity index (χ3v) is 4.95. The summed E-state index contributed by atoms with van der Waals surface area (Å²) >= 11 is 0. The van der Waals surface area contributed by atoms with E-state index in [0.717, 1.165) is 19.3 Å². The van der Waals surface area contributed by atoms with Gasteiger partial charge in [0.2, 0.25) is 5.91 Å². The van der Waals surface area contributed by atoms with E-state index in [-0.39, 0.29) is 16.9 Å². The molecule has 2 saturated carbocycles. The number of carbonyl (C=O) groups is 1. The summed E-state index contributed by atoms with van der Waals surface area (Å²) < 4.78 is 0. The molecule has 0 aliphatic heterocycles. The Labute approximate surface area is 111 Å². The summed E-state index contributed by atoms with van der Waals surface area (Å²) in [5.74, 6) is 0.166. The van der Waals surface area contributed by atoms with Gasteiger partial charge >= 0.3 is 0 Å². The molecular weight excluding hydrogens is 224 g/mol. The molecule has 1 amide bonds. The molecule has 0 bridgehead atoms. The molecule has 3 heteroatoms. The topological polar surface area (TPSA) is 55.1 Å². The van der Waals surface area contributed by atoms with Gasteiger partial charge in [0.1, 0.15) is 0 Å². The van der Waals surface area contributed by atoms with Crippen molar-refractivity contribution in [3.05, 3.63) is 0 Å². The molecule has 2 aliphatic carbocycles. The first-order valence-electron chi connectivity index (χ1n) is 7.50. The fourth-order valence-corrected chi connectivity index (χ4v) is 3.58. The summed E-state index contributed by atoms with van der Waals surface area (Å²) in [6.07, 6.45) is 9.75. The lowest BCUT2D eigenvalue weighted by molar-refractivity contribution is -0.124. The summed E-state index contributed by atoms with van der Waals surface area (Å²) in [7, 11) is 0. The van der Waals surface area contributed by atoms with Crippen LogP contribution in [0.5, 0.6) is 0 Å². The van der Waals surface area contributed by atoms with Gasteiger partial charge < -0.3 is 11.1 Å². The Kier molecular flexibility index (Phi) is 4.00. The number of nitrogens with two attached hydrogens (primary N) is 1. The zero-order valence-electron chi connectivity index (χ0n) is 11.9. The van der Waals surface area contributed by atoms with E-state index in [2.05, 4.69) is 19.2 Å². The lowest BCUT2D eigenvalue weighted by Gasteiger charge is -2.39. The third kappa shape index (κ3) is 3.25. The van der Waals surface area contributed by atoms with Crippen molar-refractivity contribution in [3.8, 4) is 0 Å². The Balaban J connectivity index is 1.86. The van der Waals surface area contributed by atoms with Gasteiger partial charge in [-0.3, -0.25) is 4.79 Å². The standard InChI is InChI=1S/C15H28N2O/c1-14(2)8-4-3-7-12(14)17-13(18)11-15(16)9-5-6-10-15/h12H,3-11,16H2,1-2H3,(H,17,18). The largest absolute Gasteiger partial charge is 0.353 e.